The molecule has 0 aromatic rings. The smallest absolute Gasteiger partial charge is 0.203 e. The van der Waals surface area contributed by atoms with Crippen molar-refractivity contribution in [1.29, 1.82) is 0 Å². The van der Waals surface area contributed by atoms with E-state index in [1.54, 1.807) is 0 Å². The molecule has 0 atom stereocenters. The van der Waals surface area contributed by atoms with Crippen LogP contribution in [0.25, 0.3) is 0 Å². The molecule has 48 valence electrons. The lowest BCUT2D eigenvalue weighted by Crippen LogP contribution is -2.22. The number of hydrogen-bond donors (Lipinski definition) is 0. The van der Waals surface area contributed by atoms with Crippen LogP contribution < -0.4 is 0 Å². The lowest BCUT2D eigenvalue weighted by molar-refractivity contribution is -0.0903. The molecule has 0 spiro atoms. The highest BCUT2D eigenvalue weighted by atomic mass is 19.3. The Morgan fingerprint density at radius 3 is 1.75 bits per heavy atom. The van der Waals surface area contributed by atoms with Crippen molar-refractivity contribution in [3.05, 3.63) is 12.7 Å². The molecule has 0 saturated carbocycles. The van der Waals surface area contributed by atoms with Gasteiger partial charge in [-0.05, 0) is 6.08 Å². The van der Waals surface area contributed by atoms with E-state index in [0.29, 0.717) is 0 Å². The number of rotatable bonds is 2. The van der Waals surface area contributed by atoms with Crippen LogP contribution in [-0.2, 0) is 0 Å². The summed E-state index contributed by atoms with van der Waals surface area (Å²) in [7, 11) is 0. The highest BCUT2D eigenvalue weighted by Gasteiger charge is 2.36. The molecule has 8 heavy (non-hydrogen) atoms. The maximum atomic E-state index is 11.4. The van der Waals surface area contributed by atoms with Gasteiger partial charge in [-0.2, -0.15) is 8.78 Å². The van der Waals surface area contributed by atoms with Crippen LogP contribution in [0.15, 0.2) is 12.7 Å². The zero-order valence-corrected chi connectivity index (χ0v) is 3.87. The zero-order chi connectivity index (χ0) is 6.78. The fourth-order valence-electron chi connectivity index (χ4n) is 0.0891. The van der Waals surface area contributed by atoms with E-state index in [1.165, 1.54) is 0 Å². The minimum atomic E-state index is -4.03. The third-order valence-electron chi connectivity index (χ3n) is 0.563. The molecule has 0 saturated heterocycles. The van der Waals surface area contributed by atoms with Gasteiger partial charge in [0, 0.05) is 0 Å². The first-order chi connectivity index (χ1) is 3.50. The first kappa shape index (κ1) is 7.46. The summed E-state index contributed by atoms with van der Waals surface area (Å²) in [4.78, 5) is 0. The maximum Gasteiger partial charge on any atom is 0.325 e. The van der Waals surface area contributed by atoms with Crippen LogP contribution in [0.5, 0.6) is 0 Å². The van der Waals surface area contributed by atoms with Crippen LogP contribution in [0, 0.1) is 0 Å². The standard InChI is InChI=1S/C4H4F4/c1-2-4(7,8)3(5)6/h2-3H,1H2. The molecule has 0 radical (unpaired) electrons. The Labute approximate surface area is 43.8 Å². The van der Waals surface area contributed by atoms with Gasteiger partial charge in [0.1, 0.15) is 0 Å². The van der Waals surface area contributed by atoms with Crippen molar-refractivity contribution in [1.82, 2.24) is 0 Å². The molecule has 0 rings (SSSR count). The van der Waals surface area contributed by atoms with Gasteiger partial charge in [-0.15, -0.1) is 0 Å². The molecule has 0 amide bonds. The van der Waals surface area contributed by atoms with Crippen LogP contribution >= 0.6 is 0 Å². The van der Waals surface area contributed by atoms with Gasteiger partial charge in [-0.1, -0.05) is 6.58 Å². The summed E-state index contributed by atoms with van der Waals surface area (Å²) in [5.74, 6) is -4.03. The van der Waals surface area contributed by atoms with Crippen molar-refractivity contribution >= 4 is 0 Å². The van der Waals surface area contributed by atoms with Crippen LogP contribution in [0.2, 0.25) is 0 Å². The molecule has 0 aromatic carbocycles. The molecule has 0 N–H and O–H groups in total. The Hall–Kier alpha value is -0.540. The van der Waals surface area contributed by atoms with Gasteiger partial charge in [0.2, 0.25) is 0 Å². The molecule has 0 nitrogen and oxygen atoms in total. The van der Waals surface area contributed by atoms with Crippen molar-refractivity contribution < 1.29 is 17.6 Å². The molecular formula is C4H4F4. The van der Waals surface area contributed by atoms with E-state index in [9.17, 15) is 17.6 Å². The van der Waals surface area contributed by atoms with Gasteiger partial charge in [0.25, 0.3) is 0 Å². The molecule has 0 fully saturated rings. The number of alkyl halides is 4. The molecule has 4 heteroatoms. The van der Waals surface area contributed by atoms with E-state index in [2.05, 4.69) is 6.58 Å². The van der Waals surface area contributed by atoms with Crippen LogP contribution in [0.4, 0.5) is 17.6 Å². The van der Waals surface area contributed by atoms with Crippen molar-refractivity contribution in [2.75, 3.05) is 0 Å². The summed E-state index contributed by atoms with van der Waals surface area (Å²) < 4.78 is 44.8. The first-order valence-electron chi connectivity index (χ1n) is 1.80. The zero-order valence-electron chi connectivity index (χ0n) is 3.87. The van der Waals surface area contributed by atoms with Gasteiger partial charge < -0.3 is 0 Å². The van der Waals surface area contributed by atoms with Crippen molar-refractivity contribution in [2.24, 2.45) is 0 Å². The molecule has 0 unspecified atom stereocenters. The van der Waals surface area contributed by atoms with Crippen molar-refractivity contribution in [2.45, 2.75) is 12.3 Å². The maximum absolute atomic E-state index is 11.4. The third-order valence-corrected chi connectivity index (χ3v) is 0.563. The second kappa shape index (κ2) is 2.15. The van der Waals surface area contributed by atoms with E-state index in [-0.39, 0.29) is 6.08 Å². The van der Waals surface area contributed by atoms with Crippen LogP contribution in [0.1, 0.15) is 0 Å². The fraction of sp³-hybridized carbons (Fsp3) is 0.500. The molecule has 0 aromatic heterocycles. The van der Waals surface area contributed by atoms with Crippen molar-refractivity contribution in [3.63, 3.8) is 0 Å². The first-order valence-corrected chi connectivity index (χ1v) is 1.80. The predicted molar refractivity (Wildman–Crippen MR) is 21.1 cm³/mol. The highest BCUT2D eigenvalue weighted by molar-refractivity contribution is 4.88. The normalized spacial score (nSPS) is 12.1. The Bertz CT molecular complexity index is 86.0. The van der Waals surface area contributed by atoms with Gasteiger partial charge in [0.05, 0.1) is 0 Å². The predicted octanol–water partition coefficient (Wildman–Crippen LogP) is 2.07. The average molecular weight is 128 g/mol. The van der Waals surface area contributed by atoms with Gasteiger partial charge in [-0.25, -0.2) is 8.78 Å². The van der Waals surface area contributed by atoms with E-state index < -0.39 is 12.3 Å². The molecule has 0 aliphatic heterocycles. The monoisotopic (exact) mass is 128 g/mol. The molecule has 0 heterocycles. The van der Waals surface area contributed by atoms with E-state index >= 15 is 0 Å². The third kappa shape index (κ3) is 1.52. The van der Waals surface area contributed by atoms with Crippen LogP contribution in [-0.4, -0.2) is 12.3 Å². The summed E-state index contributed by atoms with van der Waals surface area (Å²) >= 11 is 0. The lowest BCUT2D eigenvalue weighted by Gasteiger charge is -2.07. The fourth-order valence-corrected chi connectivity index (χ4v) is 0.0891. The van der Waals surface area contributed by atoms with E-state index in [0.717, 1.165) is 0 Å². The molecule has 0 aliphatic carbocycles. The Morgan fingerprint density at radius 1 is 1.38 bits per heavy atom. The van der Waals surface area contributed by atoms with E-state index in [4.69, 9.17) is 0 Å². The van der Waals surface area contributed by atoms with Gasteiger partial charge in [-0.3, -0.25) is 0 Å². The van der Waals surface area contributed by atoms with Crippen LogP contribution in [0.3, 0.4) is 0 Å². The number of hydrogen-bond acceptors (Lipinski definition) is 0. The Kier molecular flexibility index (Phi) is 2.01. The molecule has 0 aliphatic rings. The number of halogens is 4. The van der Waals surface area contributed by atoms with Gasteiger partial charge >= 0.3 is 12.3 Å². The highest BCUT2D eigenvalue weighted by Crippen LogP contribution is 2.22. The summed E-state index contributed by atoms with van der Waals surface area (Å²) in [5.41, 5.74) is 0. The summed E-state index contributed by atoms with van der Waals surface area (Å²) in [6.07, 6.45) is -3.71. The number of allylic oxidation sites excluding steroid dienone is 1. The Morgan fingerprint density at radius 2 is 1.75 bits per heavy atom. The minimum absolute atomic E-state index is 0.0718. The molecule has 0 bridgehead atoms. The Balaban J connectivity index is 3.90. The quantitative estimate of drug-likeness (QED) is 0.394. The lowest BCUT2D eigenvalue weighted by atomic mass is 10.3. The summed E-state index contributed by atoms with van der Waals surface area (Å²) in [5, 5.41) is 0. The second-order valence-corrected chi connectivity index (χ2v) is 1.18. The van der Waals surface area contributed by atoms with Gasteiger partial charge in [0.15, 0.2) is 0 Å². The second-order valence-electron chi connectivity index (χ2n) is 1.18. The molecular weight excluding hydrogens is 124 g/mol. The SMILES string of the molecule is C=CC(F)(F)C(F)F. The van der Waals surface area contributed by atoms with Crippen molar-refractivity contribution in [3.8, 4) is 0 Å². The van der Waals surface area contributed by atoms with E-state index in [1.807, 2.05) is 0 Å². The summed E-state index contributed by atoms with van der Waals surface area (Å²) in [6, 6.07) is 0. The summed E-state index contributed by atoms with van der Waals surface area (Å²) in [6.45, 7) is 2.52. The minimum Gasteiger partial charge on any atom is -0.203 e. The topological polar surface area (TPSA) is 0 Å². The average Bonchev–Trinajstić information content (AvgIpc) is 1.67. The largest absolute Gasteiger partial charge is 0.325 e.